The predicted octanol–water partition coefficient (Wildman–Crippen LogP) is 3.85. The maximum atomic E-state index is 12.9. The molecule has 1 aromatic carbocycles. The first-order valence-electron chi connectivity index (χ1n) is 9.88. The van der Waals surface area contributed by atoms with Crippen LogP contribution in [-0.4, -0.2) is 30.4 Å². The summed E-state index contributed by atoms with van der Waals surface area (Å²) in [5.41, 5.74) is 3.12. The number of ether oxygens (including phenoxy) is 1. The van der Waals surface area contributed by atoms with Crippen LogP contribution in [0.1, 0.15) is 46.1 Å². The van der Waals surface area contributed by atoms with Crippen molar-refractivity contribution in [1.82, 2.24) is 0 Å². The fraction of sp³-hybridized carbons (Fsp3) is 0.409. The van der Waals surface area contributed by atoms with Crippen molar-refractivity contribution in [3.05, 3.63) is 45.8 Å². The third-order valence-corrected chi connectivity index (χ3v) is 6.68. The lowest BCUT2D eigenvalue weighted by Crippen LogP contribution is -2.39. The SMILES string of the molecule is Cc1sc(NC(=O)C2CC2)c(C(=O)O[C@H](C)C(=O)N2CCc3ccccc32)c1C. The van der Waals surface area contributed by atoms with Crippen molar-refractivity contribution in [2.24, 2.45) is 5.92 Å². The van der Waals surface area contributed by atoms with Gasteiger partial charge in [0.1, 0.15) is 5.00 Å². The Hall–Kier alpha value is -2.67. The van der Waals surface area contributed by atoms with E-state index in [1.807, 2.05) is 38.1 Å². The van der Waals surface area contributed by atoms with Crippen molar-refractivity contribution >= 4 is 39.8 Å². The molecule has 0 radical (unpaired) electrons. The largest absolute Gasteiger partial charge is 0.449 e. The highest BCUT2D eigenvalue weighted by atomic mass is 32.1. The Morgan fingerprint density at radius 1 is 1.21 bits per heavy atom. The van der Waals surface area contributed by atoms with Gasteiger partial charge in [0.2, 0.25) is 5.91 Å². The summed E-state index contributed by atoms with van der Waals surface area (Å²) in [4.78, 5) is 40.6. The first kappa shape index (κ1) is 19.6. The van der Waals surface area contributed by atoms with Crippen LogP contribution in [0.2, 0.25) is 0 Å². The number of aryl methyl sites for hydroxylation is 1. The normalized spacial score (nSPS) is 16.3. The molecule has 1 fully saturated rings. The molecule has 7 heteroatoms. The Balaban J connectivity index is 1.49. The zero-order valence-electron chi connectivity index (χ0n) is 16.8. The zero-order valence-corrected chi connectivity index (χ0v) is 17.6. The molecule has 2 heterocycles. The number of rotatable bonds is 5. The summed E-state index contributed by atoms with van der Waals surface area (Å²) in [6.45, 7) is 5.91. The van der Waals surface area contributed by atoms with Crippen molar-refractivity contribution in [2.45, 2.75) is 46.1 Å². The molecule has 0 spiro atoms. The third kappa shape index (κ3) is 3.79. The van der Waals surface area contributed by atoms with Crippen molar-refractivity contribution in [2.75, 3.05) is 16.8 Å². The van der Waals surface area contributed by atoms with Crippen LogP contribution in [0.4, 0.5) is 10.7 Å². The van der Waals surface area contributed by atoms with Crippen molar-refractivity contribution in [1.29, 1.82) is 0 Å². The number of para-hydroxylation sites is 1. The van der Waals surface area contributed by atoms with Gasteiger partial charge in [-0.1, -0.05) is 18.2 Å². The fourth-order valence-corrected chi connectivity index (χ4v) is 4.63. The van der Waals surface area contributed by atoms with E-state index in [-0.39, 0.29) is 17.7 Å². The maximum Gasteiger partial charge on any atom is 0.342 e. The number of anilines is 2. The number of nitrogens with zero attached hydrogens (tertiary/aromatic N) is 1. The number of benzene rings is 1. The number of amides is 2. The molecule has 0 saturated heterocycles. The van der Waals surface area contributed by atoms with Gasteiger partial charge in [-0.3, -0.25) is 9.59 Å². The molecule has 2 amide bonds. The van der Waals surface area contributed by atoms with Gasteiger partial charge in [0.15, 0.2) is 6.10 Å². The van der Waals surface area contributed by atoms with E-state index in [1.165, 1.54) is 11.3 Å². The molecule has 0 unspecified atom stereocenters. The van der Waals surface area contributed by atoms with Crippen LogP contribution in [-0.2, 0) is 20.7 Å². The number of carbonyl (C=O) groups is 3. The molecule has 1 N–H and O–H groups in total. The molecule has 152 valence electrons. The first-order chi connectivity index (χ1) is 13.9. The van der Waals surface area contributed by atoms with E-state index in [1.54, 1.807) is 11.8 Å². The summed E-state index contributed by atoms with van der Waals surface area (Å²) in [5, 5.41) is 3.38. The van der Waals surface area contributed by atoms with E-state index in [2.05, 4.69) is 5.32 Å². The summed E-state index contributed by atoms with van der Waals surface area (Å²) in [6.07, 6.45) is 1.65. The van der Waals surface area contributed by atoms with Crippen LogP contribution < -0.4 is 10.2 Å². The average molecular weight is 413 g/mol. The second kappa shape index (κ2) is 7.63. The van der Waals surface area contributed by atoms with Gasteiger partial charge in [-0.05, 0) is 57.2 Å². The van der Waals surface area contributed by atoms with E-state index >= 15 is 0 Å². The summed E-state index contributed by atoms with van der Waals surface area (Å²) in [7, 11) is 0. The van der Waals surface area contributed by atoms with Crippen molar-refractivity contribution in [3.8, 4) is 0 Å². The molecule has 2 aromatic rings. The van der Waals surface area contributed by atoms with Crippen LogP contribution in [0.15, 0.2) is 24.3 Å². The van der Waals surface area contributed by atoms with Crippen LogP contribution in [0.3, 0.4) is 0 Å². The van der Waals surface area contributed by atoms with Gasteiger partial charge >= 0.3 is 5.97 Å². The molecule has 1 aromatic heterocycles. The smallest absolute Gasteiger partial charge is 0.342 e. The van der Waals surface area contributed by atoms with Crippen molar-refractivity contribution < 1.29 is 19.1 Å². The minimum absolute atomic E-state index is 0.0392. The number of carbonyl (C=O) groups excluding carboxylic acids is 3. The number of nitrogens with one attached hydrogen (secondary N) is 1. The summed E-state index contributed by atoms with van der Waals surface area (Å²) in [5.74, 6) is -0.835. The summed E-state index contributed by atoms with van der Waals surface area (Å²) >= 11 is 1.37. The first-order valence-corrected chi connectivity index (χ1v) is 10.7. The van der Waals surface area contributed by atoms with E-state index in [0.29, 0.717) is 17.1 Å². The highest BCUT2D eigenvalue weighted by molar-refractivity contribution is 7.16. The van der Waals surface area contributed by atoms with Gasteiger partial charge in [-0.2, -0.15) is 0 Å². The molecular weight excluding hydrogens is 388 g/mol. The topological polar surface area (TPSA) is 75.7 Å². The van der Waals surface area contributed by atoms with Crippen LogP contribution in [0.25, 0.3) is 0 Å². The Kier molecular flexibility index (Phi) is 5.17. The number of hydrogen-bond donors (Lipinski definition) is 1. The monoisotopic (exact) mass is 412 g/mol. The fourth-order valence-electron chi connectivity index (χ4n) is 3.58. The highest BCUT2D eigenvalue weighted by Gasteiger charge is 2.34. The molecule has 1 atom stereocenters. The second-order valence-electron chi connectivity index (χ2n) is 7.67. The number of fused-ring (bicyclic) bond motifs is 1. The van der Waals surface area contributed by atoms with E-state index in [4.69, 9.17) is 4.74 Å². The molecule has 6 nitrogen and oxygen atoms in total. The molecule has 1 aliphatic heterocycles. The van der Waals surface area contributed by atoms with Crippen molar-refractivity contribution in [3.63, 3.8) is 0 Å². The van der Waals surface area contributed by atoms with Gasteiger partial charge < -0.3 is 15.0 Å². The van der Waals surface area contributed by atoms with E-state index in [9.17, 15) is 14.4 Å². The van der Waals surface area contributed by atoms with Crippen LogP contribution in [0.5, 0.6) is 0 Å². The highest BCUT2D eigenvalue weighted by Crippen LogP contribution is 2.36. The average Bonchev–Trinajstić information content (AvgIpc) is 3.40. The van der Waals surface area contributed by atoms with Gasteiger partial charge in [-0.15, -0.1) is 11.3 Å². The lowest BCUT2D eigenvalue weighted by molar-refractivity contribution is -0.126. The van der Waals surface area contributed by atoms with E-state index < -0.39 is 12.1 Å². The molecular formula is C22H24N2O4S. The van der Waals surface area contributed by atoms with Gasteiger partial charge in [0.25, 0.3) is 5.91 Å². The molecule has 4 rings (SSSR count). The Morgan fingerprint density at radius 3 is 2.66 bits per heavy atom. The molecule has 29 heavy (non-hydrogen) atoms. The Morgan fingerprint density at radius 2 is 1.93 bits per heavy atom. The molecule has 1 aliphatic carbocycles. The van der Waals surface area contributed by atoms with Gasteiger partial charge in [0, 0.05) is 23.0 Å². The molecule has 0 bridgehead atoms. The minimum atomic E-state index is -0.916. The van der Waals surface area contributed by atoms with Crippen LogP contribution >= 0.6 is 11.3 Å². The number of hydrogen-bond acceptors (Lipinski definition) is 5. The summed E-state index contributed by atoms with van der Waals surface area (Å²) < 4.78 is 5.54. The lowest BCUT2D eigenvalue weighted by atomic mass is 10.1. The second-order valence-corrected chi connectivity index (χ2v) is 8.89. The standard InChI is InChI=1S/C22H24N2O4S/c1-12-14(3)29-20(23-19(25)16-8-9-16)18(12)22(27)28-13(2)21(26)24-11-10-15-6-4-5-7-17(15)24/h4-7,13,16H,8-11H2,1-3H3,(H,23,25)/t13-/m1/s1. The Bertz CT molecular complexity index is 993. The predicted molar refractivity (Wildman–Crippen MR) is 113 cm³/mol. The van der Waals surface area contributed by atoms with Gasteiger partial charge in [0.05, 0.1) is 5.56 Å². The quantitative estimate of drug-likeness (QED) is 0.757. The number of esters is 1. The zero-order chi connectivity index (χ0) is 20.7. The van der Waals surface area contributed by atoms with E-state index in [0.717, 1.165) is 41.0 Å². The maximum absolute atomic E-state index is 12.9. The molecule has 1 saturated carbocycles. The Labute approximate surface area is 173 Å². The van der Waals surface area contributed by atoms with Crippen LogP contribution in [0, 0.1) is 19.8 Å². The van der Waals surface area contributed by atoms with Gasteiger partial charge in [-0.25, -0.2) is 4.79 Å². The lowest BCUT2D eigenvalue weighted by Gasteiger charge is -2.22. The third-order valence-electron chi connectivity index (χ3n) is 5.56. The molecule has 2 aliphatic rings. The number of thiophene rings is 1. The minimum Gasteiger partial charge on any atom is -0.449 e. The summed E-state index contributed by atoms with van der Waals surface area (Å²) in [6, 6.07) is 7.76.